The highest BCUT2D eigenvalue weighted by molar-refractivity contribution is 5.94. The lowest BCUT2D eigenvalue weighted by Crippen LogP contribution is -2.38. The predicted molar refractivity (Wildman–Crippen MR) is 105 cm³/mol. The van der Waals surface area contributed by atoms with E-state index < -0.39 is 0 Å². The molecular formula is C22H28N2O2. The van der Waals surface area contributed by atoms with Crippen molar-refractivity contribution in [2.45, 2.75) is 31.7 Å². The standard InChI is InChI=1S/C22H28N2O2/c1-26-20-13-11-18(12-14-20)21(24-15-7-2-3-8-16-24)17-23-22(25)19-9-5-4-6-10-19/h4-6,9-14,21H,2-3,7-8,15-17H2,1H3,(H,23,25). The zero-order valence-corrected chi connectivity index (χ0v) is 15.5. The highest BCUT2D eigenvalue weighted by Gasteiger charge is 2.22. The molecule has 1 heterocycles. The third kappa shape index (κ3) is 4.85. The van der Waals surface area contributed by atoms with Crippen LogP contribution in [0.4, 0.5) is 0 Å². The second-order valence-electron chi connectivity index (χ2n) is 6.82. The number of carbonyl (C=O) groups excluding carboxylic acids is 1. The van der Waals surface area contributed by atoms with Gasteiger partial charge in [0.1, 0.15) is 5.75 Å². The van der Waals surface area contributed by atoms with Crippen LogP contribution in [-0.4, -0.2) is 37.6 Å². The minimum absolute atomic E-state index is 0.0149. The number of hydrogen-bond donors (Lipinski definition) is 1. The average Bonchev–Trinajstić information content (AvgIpc) is 2.98. The summed E-state index contributed by atoms with van der Waals surface area (Å²) in [5, 5.41) is 3.13. The first kappa shape index (κ1) is 18.5. The summed E-state index contributed by atoms with van der Waals surface area (Å²) in [6.07, 6.45) is 5.03. The summed E-state index contributed by atoms with van der Waals surface area (Å²) in [7, 11) is 1.68. The van der Waals surface area contributed by atoms with Crippen molar-refractivity contribution >= 4 is 5.91 Å². The first-order valence-electron chi connectivity index (χ1n) is 9.49. The highest BCUT2D eigenvalue weighted by Crippen LogP contribution is 2.25. The molecule has 1 amide bonds. The summed E-state index contributed by atoms with van der Waals surface area (Å²) < 4.78 is 5.29. The molecule has 3 rings (SSSR count). The van der Waals surface area contributed by atoms with Gasteiger partial charge in [0, 0.05) is 12.1 Å². The minimum atomic E-state index is -0.0149. The van der Waals surface area contributed by atoms with Crippen LogP contribution in [0.5, 0.6) is 5.75 Å². The summed E-state index contributed by atoms with van der Waals surface area (Å²) >= 11 is 0. The highest BCUT2D eigenvalue weighted by atomic mass is 16.5. The van der Waals surface area contributed by atoms with Crippen LogP contribution in [0.1, 0.15) is 47.6 Å². The van der Waals surface area contributed by atoms with E-state index in [0.29, 0.717) is 12.1 Å². The van der Waals surface area contributed by atoms with Crippen LogP contribution in [0.2, 0.25) is 0 Å². The van der Waals surface area contributed by atoms with Gasteiger partial charge in [0.25, 0.3) is 5.91 Å². The van der Waals surface area contributed by atoms with E-state index in [1.165, 1.54) is 31.2 Å². The predicted octanol–water partition coefficient (Wildman–Crippen LogP) is 4.04. The third-order valence-corrected chi connectivity index (χ3v) is 5.07. The van der Waals surface area contributed by atoms with Crippen LogP contribution in [-0.2, 0) is 0 Å². The normalized spacial score (nSPS) is 16.5. The zero-order valence-electron chi connectivity index (χ0n) is 15.5. The Balaban J connectivity index is 1.74. The Morgan fingerprint density at radius 1 is 1.00 bits per heavy atom. The monoisotopic (exact) mass is 352 g/mol. The SMILES string of the molecule is COc1ccc(C(CNC(=O)c2ccccc2)N2CCCCCC2)cc1. The van der Waals surface area contributed by atoms with Gasteiger partial charge in [0.05, 0.1) is 13.2 Å². The summed E-state index contributed by atoms with van der Waals surface area (Å²) in [4.78, 5) is 15.0. The fourth-order valence-corrected chi connectivity index (χ4v) is 3.57. The molecule has 1 unspecified atom stereocenters. The van der Waals surface area contributed by atoms with E-state index in [0.717, 1.165) is 18.8 Å². The maximum atomic E-state index is 12.5. The van der Waals surface area contributed by atoms with Gasteiger partial charge in [-0.3, -0.25) is 9.69 Å². The van der Waals surface area contributed by atoms with Crippen molar-refractivity contribution in [2.75, 3.05) is 26.7 Å². The lowest BCUT2D eigenvalue weighted by Gasteiger charge is -2.31. The number of nitrogens with one attached hydrogen (secondary N) is 1. The molecule has 138 valence electrons. The van der Waals surface area contributed by atoms with Gasteiger partial charge in [-0.05, 0) is 55.8 Å². The number of hydrogen-bond acceptors (Lipinski definition) is 3. The van der Waals surface area contributed by atoms with E-state index in [-0.39, 0.29) is 11.9 Å². The Hall–Kier alpha value is -2.33. The van der Waals surface area contributed by atoms with E-state index in [1.807, 2.05) is 42.5 Å². The van der Waals surface area contributed by atoms with Crippen LogP contribution < -0.4 is 10.1 Å². The van der Waals surface area contributed by atoms with E-state index >= 15 is 0 Å². The van der Waals surface area contributed by atoms with Crippen molar-refractivity contribution in [1.82, 2.24) is 10.2 Å². The number of ether oxygens (including phenoxy) is 1. The van der Waals surface area contributed by atoms with Gasteiger partial charge < -0.3 is 10.1 Å². The van der Waals surface area contributed by atoms with Gasteiger partial charge in [-0.2, -0.15) is 0 Å². The van der Waals surface area contributed by atoms with Crippen LogP contribution in [0.25, 0.3) is 0 Å². The molecule has 1 N–H and O–H groups in total. The number of benzene rings is 2. The number of rotatable bonds is 6. The largest absolute Gasteiger partial charge is 0.497 e. The molecular weight excluding hydrogens is 324 g/mol. The summed E-state index contributed by atoms with van der Waals surface area (Å²) in [5.41, 5.74) is 1.93. The first-order chi connectivity index (χ1) is 12.8. The summed E-state index contributed by atoms with van der Waals surface area (Å²) in [6.45, 7) is 2.77. The molecule has 0 saturated carbocycles. The van der Waals surface area contributed by atoms with Crippen LogP contribution in [0.3, 0.4) is 0 Å². The maximum Gasteiger partial charge on any atom is 0.251 e. The topological polar surface area (TPSA) is 41.6 Å². The molecule has 1 atom stereocenters. The van der Waals surface area contributed by atoms with Gasteiger partial charge in [0.15, 0.2) is 0 Å². The second kappa shape index (κ2) is 9.39. The van der Waals surface area contributed by atoms with Crippen LogP contribution in [0.15, 0.2) is 54.6 Å². The summed E-state index contributed by atoms with van der Waals surface area (Å²) in [5.74, 6) is 0.843. The van der Waals surface area contributed by atoms with E-state index in [1.54, 1.807) is 7.11 Å². The lowest BCUT2D eigenvalue weighted by atomic mass is 10.0. The Labute approximate surface area is 156 Å². The first-order valence-corrected chi connectivity index (χ1v) is 9.49. The molecule has 1 saturated heterocycles. The molecule has 0 aliphatic carbocycles. The molecule has 1 aliphatic heterocycles. The Morgan fingerprint density at radius 3 is 2.27 bits per heavy atom. The second-order valence-corrected chi connectivity index (χ2v) is 6.82. The minimum Gasteiger partial charge on any atom is -0.497 e. The average molecular weight is 352 g/mol. The smallest absolute Gasteiger partial charge is 0.251 e. The Morgan fingerprint density at radius 2 is 1.65 bits per heavy atom. The van der Waals surface area contributed by atoms with Gasteiger partial charge in [-0.25, -0.2) is 0 Å². The van der Waals surface area contributed by atoms with Crippen molar-refractivity contribution < 1.29 is 9.53 Å². The van der Waals surface area contributed by atoms with Gasteiger partial charge in [0.2, 0.25) is 0 Å². The Kier molecular flexibility index (Phi) is 6.67. The number of likely N-dealkylation sites (tertiary alicyclic amines) is 1. The van der Waals surface area contributed by atoms with Crippen molar-refractivity contribution in [3.63, 3.8) is 0 Å². The summed E-state index contributed by atoms with van der Waals surface area (Å²) in [6, 6.07) is 17.8. The quantitative estimate of drug-likeness (QED) is 0.853. The molecule has 2 aromatic carbocycles. The molecule has 0 radical (unpaired) electrons. The molecule has 0 bridgehead atoms. The van der Waals surface area contributed by atoms with E-state index in [2.05, 4.69) is 22.3 Å². The fourth-order valence-electron chi connectivity index (χ4n) is 3.57. The number of methoxy groups -OCH3 is 1. The van der Waals surface area contributed by atoms with Crippen molar-refractivity contribution in [3.05, 3.63) is 65.7 Å². The van der Waals surface area contributed by atoms with Crippen molar-refractivity contribution in [2.24, 2.45) is 0 Å². The number of amides is 1. The molecule has 1 fully saturated rings. The lowest BCUT2D eigenvalue weighted by molar-refractivity contribution is 0.0933. The van der Waals surface area contributed by atoms with Crippen molar-refractivity contribution in [1.29, 1.82) is 0 Å². The molecule has 0 spiro atoms. The van der Waals surface area contributed by atoms with Crippen molar-refractivity contribution in [3.8, 4) is 5.75 Å². The third-order valence-electron chi connectivity index (χ3n) is 5.07. The van der Waals surface area contributed by atoms with E-state index in [4.69, 9.17) is 4.74 Å². The molecule has 0 aromatic heterocycles. The van der Waals surface area contributed by atoms with Crippen LogP contribution >= 0.6 is 0 Å². The Bertz CT molecular complexity index is 677. The van der Waals surface area contributed by atoms with Gasteiger partial charge in [-0.15, -0.1) is 0 Å². The molecule has 26 heavy (non-hydrogen) atoms. The number of nitrogens with zero attached hydrogens (tertiary/aromatic N) is 1. The van der Waals surface area contributed by atoms with Crippen LogP contribution in [0, 0.1) is 0 Å². The molecule has 4 heteroatoms. The molecule has 2 aromatic rings. The van der Waals surface area contributed by atoms with E-state index in [9.17, 15) is 4.79 Å². The fraction of sp³-hybridized carbons (Fsp3) is 0.409. The van der Waals surface area contributed by atoms with Gasteiger partial charge in [-0.1, -0.05) is 43.2 Å². The number of carbonyl (C=O) groups is 1. The molecule has 4 nitrogen and oxygen atoms in total. The van der Waals surface area contributed by atoms with Gasteiger partial charge >= 0.3 is 0 Å². The molecule has 1 aliphatic rings. The maximum absolute atomic E-state index is 12.5. The zero-order chi connectivity index (χ0) is 18.2.